The van der Waals surface area contributed by atoms with E-state index in [0.29, 0.717) is 31.5 Å². The van der Waals surface area contributed by atoms with Crippen LogP contribution in [-0.4, -0.2) is 11.8 Å². The van der Waals surface area contributed by atoms with Crippen molar-refractivity contribution in [3.63, 3.8) is 0 Å². The van der Waals surface area contributed by atoms with Crippen molar-refractivity contribution in [3.05, 3.63) is 29.3 Å². The molecule has 1 saturated heterocycles. The molecule has 0 aliphatic carbocycles. The van der Waals surface area contributed by atoms with Crippen LogP contribution in [0.4, 0.5) is 5.69 Å². The van der Waals surface area contributed by atoms with Crippen molar-refractivity contribution in [2.24, 2.45) is 5.73 Å². The van der Waals surface area contributed by atoms with Gasteiger partial charge in [-0.25, -0.2) is 0 Å². The average molecular weight is 232 g/mol. The Morgan fingerprint density at radius 1 is 1.24 bits per heavy atom. The van der Waals surface area contributed by atoms with Crippen LogP contribution in [0, 0.1) is 6.92 Å². The zero-order chi connectivity index (χ0) is 12.4. The number of carbonyl (C=O) groups is 2. The summed E-state index contributed by atoms with van der Waals surface area (Å²) >= 11 is 0. The molecule has 1 aliphatic rings. The van der Waals surface area contributed by atoms with Crippen molar-refractivity contribution >= 4 is 17.5 Å². The summed E-state index contributed by atoms with van der Waals surface area (Å²) in [5, 5.41) is 0. The normalized spacial score (nSPS) is 16.5. The predicted molar refractivity (Wildman–Crippen MR) is 65.4 cm³/mol. The van der Waals surface area contributed by atoms with E-state index in [1.165, 1.54) is 4.90 Å². The molecule has 1 heterocycles. The minimum absolute atomic E-state index is 0.124. The number of piperidine rings is 1. The van der Waals surface area contributed by atoms with Crippen molar-refractivity contribution < 1.29 is 9.59 Å². The summed E-state index contributed by atoms with van der Waals surface area (Å²) in [7, 11) is 0. The minimum Gasteiger partial charge on any atom is -0.326 e. The number of anilines is 1. The van der Waals surface area contributed by atoms with E-state index < -0.39 is 0 Å². The highest BCUT2D eigenvalue weighted by Crippen LogP contribution is 2.27. The van der Waals surface area contributed by atoms with Crippen LogP contribution in [0.15, 0.2) is 18.2 Å². The Bertz CT molecular complexity index is 452. The fraction of sp³-hybridized carbons (Fsp3) is 0.385. The Morgan fingerprint density at radius 3 is 2.47 bits per heavy atom. The minimum atomic E-state index is -0.124. The SMILES string of the molecule is Cc1cccc(N2C(=O)CCCC2=O)c1CN. The number of nitrogens with two attached hydrogens (primary N) is 1. The van der Waals surface area contributed by atoms with Crippen LogP contribution in [0.3, 0.4) is 0 Å². The van der Waals surface area contributed by atoms with Gasteiger partial charge in [0.1, 0.15) is 0 Å². The summed E-state index contributed by atoms with van der Waals surface area (Å²) in [6.45, 7) is 2.27. The van der Waals surface area contributed by atoms with Gasteiger partial charge >= 0.3 is 0 Å². The highest BCUT2D eigenvalue weighted by Gasteiger charge is 2.28. The van der Waals surface area contributed by atoms with Crippen molar-refractivity contribution in [2.45, 2.75) is 32.7 Å². The Labute approximate surface area is 100 Å². The molecular formula is C13H16N2O2. The van der Waals surface area contributed by atoms with E-state index >= 15 is 0 Å². The standard InChI is InChI=1S/C13H16N2O2/c1-9-4-2-5-11(10(9)8-14)15-12(16)6-3-7-13(15)17/h2,4-5H,3,6-8,14H2,1H3. The largest absolute Gasteiger partial charge is 0.326 e. The Kier molecular flexibility index (Phi) is 3.24. The van der Waals surface area contributed by atoms with E-state index in [-0.39, 0.29) is 11.8 Å². The highest BCUT2D eigenvalue weighted by atomic mass is 16.2. The number of rotatable bonds is 2. The molecule has 90 valence electrons. The molecule has 2 N–H and O–H groups in total. The third-order valence-electron chi connectivity index (χ3n) is 3.11. The molecule has 1 fully saturated rings. The van der Waals surface area contributed by atoms with E-state index in [1.54, 1.807) is 6.07 Å². The number of aryl methyl sites for hydroxylation is 1. The molecule has 1 aliphatic heterocycles. The van der Waals surface area contributed by atoms with E-state index in [0.717, 1.165) is 11.1 Å². The molecule has 2 rings (SSSR count). The number of hydrogen-bond donors (Lipinski definition) is 1. The Balaban J connectivity index is 2.48. The van der Waals surface area contributed by atoms with Gasteiger partial charge in [-0.05, 0) is 30.5 Å². The van der Waals surface area contributed by atoms with E-state index in [1.807, 2.05) is 19.1 Å². The van der Waals surface area contributed by atoms with Gasteiger partial charge in [0.15, 0.2) is 0 Å². The lowest BCUT2D eigenvalue weighted by molar-refractivity contribution is -0.129. The van der Waals surface area contributed by atoms with E-state index in [4.69, 9.17) is 5.73 Å². The molecule has 2 amide bonds. The smallest absolute Gasteiger partial charge is 0.233 e. The fourth-order valence-electron chi connectivity index (χ4n) is 2.18. The van der Waals surface area contributed by atoms with Gasteiger partial charge in [0.25, 0.3) is 0 Å². The lowest BCUT2D eigenvalue weighted by atomic mass is 10.0. The van der Waals surface area contributed by atoms with Crippen molar-refractivity contribution in [2.75, 3.05) is 4.90 Å². The van der Waals surface area contributed by atoms with Gasteiger partial charge in [-0.3, -0.25) is 14.5 Å². The zero-order valence-electron chi connectivity index (χ0n) is 9.90. The molecule has 0 spiro atoms. The van der Waals surface area contributed by atoms with Crippen LogP contribution in [0.2, 0.25) is 0 Å². The second-order valence-electron chi connectivity index (χ2n) is 4.25. The highest BCUT2D eigenvalue weighted by molar-refractivity contribution is 6.16. The summed E-state index contributed by atoms with van der Waals surface area (Å²) in [6.07, 6.45) is 1.52. The number of hydrogen-bond acceptors (Lipinski definition) is 3. The van der Waals surface area contributed by atoms with E-state index in [9.17, 15) is 9.59 Å². The summed E-state index contributed by atoms with van der Waals surface area (Å²) in [5.41, 5.74) is 8.24. The first kappa shape index (κ1) is 11.8. The summed E-state index contributed by atoms with van der Waals surface area (Å²) in [4.78, 5) is 25.0. The lowest BCUT2D eigenvalue weighted by Crippen LogP contribution is -2.41. The number of amides is 2. The lowest BCUT2D eigenvalue weighted by Gasteiger charge is -2.27. The third kappa shape index (κ3) is 2.08. The topological polar surface area (TPSA) is 63.4 Å². The fourth-order valence-corrected chi connectivity index (χ4v) is 2.18. The second-order valence-corrected chi connectivity index (χ2v) is 4.25. The van der Waals surface area contributed by atoms with Gasteiger partial charge in [0.05, 0.1) is 5.69 Å². The number of nitrogens with zero attached hydrogens (tertiary/aromatic N) is 1. The molecular weight excluding hydrogens is 216 g/mol. The maximum Gasteiger partial charge on any atom is 0.233 e. The monoisotopic (exact) mass is 232 g/mol. The number of imide groups is 1. The van der Waals surface area contributed by atoms with Gasteiger partial charge in [0.2, 0.25) is 11.8 Å². The molecule has 1 aromatic rings. The molecule has 0 unspecified atom stereocenters. The third-order valence-corrected chi connectivity index (χ3v) is 3.11. The number of carbonyl (C=O) groups excluding carboxylic acids is 2. The molecule has 1 aromatic carbocycles. The quantitative estimate of drug-likeness (QED) is 0.786. The molecule has 4 nitrogen and oxygen atoms in total. The Hall–Kier alpha value is -1.68. The van der Waals surface area contributed by atoms with Crippen molar-refractivity contribution in [1.82, 2.24) is 0 Å². The van der Waals surface area contributed by atoms with E-state index in [2.05, 4.69) is 0 Å². The predicted octanol–water partition coefficient (Wildman–Crippen LogP) is 1.50. The van der Waals surface area contributed by atoms with Crippen molar-refractivity contribution in [3.8, 4) is 0 Å². The molecule has 0 bridgehead atoms. The van der Waals surface area contributed by atoms with Crippen LogP contribution in [0.5, 0.6) is 0 Å². The first-order valence-electron chi connectivity index (χ1n) is 5.79. The molecule has 0 aromatic heterocycles. The van der Waals surface area contributed by atoms with Crippen LogP contribution >= 0.6 is 0 Å². The van der Waals surface area contributed by atoms with Gasteiger partial charge in [-0.2, -0.15) is 0 Å². The van der Waals surface area contributed by atoms with Gasteiger partial charge in [-0.1, -0.05) is 12.1 Å². The van der Waals surface area contributed by atoms with Gasteiger partial charge < -0.3 is 5.73 Å². The molecule has 0 saturated carbocycles. The summed E-state index contributed by atoms with van der Waals surface area (Å²) < 4.78 is 0. The first-order chi connectivity index (χ1) is 8.15. The molecule has 17 heavy (non-hydrogen) atoms. The molecule has 0 atom stereocenters. The molecule has 0 radical (unpaired) electrons. The van der Waals surface area contributed by atoms with Crippen LogP contribution < -0.4 is 10.6 Å². The van der Waals surface area contributed by atoms with Gasteiger partial charge in [0, 0.05) is 19.4 Å². The van der Waals surface area contributed by atoms with Gasteiger partial charge in [-0.15, -0.1) is 0 Å². The van der Waals surface area contributed by atoms with Crippen LogP contribution in [-0.2, 0) is 16.1 Å². The average Bonchev–Trinajstić information content (AvgIpc) is 2.29. The number of benzene rings is 1. The zero-order valence-corrected chi connectivity index (χ0v) is 9.90. The van der Waals surface area contributed by atoms with Crippen molar-refractivity contribution in [1.29, 1.82) is 0 Å². The summed E-state index contributed by atoms with van der Waals surface area (Å²) in [5.74, 6) is -0.247. The summed E-state index contributed by atoms with van der Waals surface area (Å²) in [6, 6.07) is 5.57. The maximum absolute atomic E-state index is 11.8. The first-order valence-corrected chi connectivity index (χ1v) is 5.79. The Morgan fingerprint density at radius 2 is 1.88 bits per heavy atom. The van der Waals surface area contributed by atoms with Crippen LogP contribution in [0.25, 0.3) is 0 Å². The second kappa shape index (κ2) is 4.67. The molecule has 4 heteroatoms. The van der Waals surface area contributed by atoms with Crippen LogP contribution in [0.1, 0.15) is 30.4 Å². The maximum atomic E-state index is 11.8.